The monoisotopic (exact) mass is 691 g/mol. The second kappa shape index (κ2) is 12.7. The van der Waals surface area contributed by atoms with Gasteiger partial charge in [-0.1, -0.05) is 32.3 Å². The van der Waals surface area contributed by atoms with Crippen LogP contribution < -0.4 is 9.46 Å². The van der Waals surface area contributed by atoms with E-state index in [9.17, 15) is 13.2 Å². The van der Waals surface area contributed by atoms with Crippen LogP contribution in [-0.2, 0) is 26.3 Å². The Labute approximate surface area is 289 Å². The summed E-state index contributed by atoms with van der Waals surface area (Å²) in [6, 6.07) is 12.0. The SMILES string of the molecule is COc1ccc2c(c1)C(C)C(C)(C(=O)N1CC3COCC(C1)N3C)Cn1c-2c(C2CCCCC2)c2ccc(C(=O)NS(=O)(=O)N(C)C)cc21. The summed E-state index contributed by atoms with van der Waals surface area (Å²) in [5, 5.41) is 1.05. The number of morpholine rings is 1. The van der Waals surface area contributed by atoms with E-state index in [1.165, 1.54) is 26.1 Å². The number of nitrogens with zero attached hydrogens (tertiary/aromatic N) is 4. The van der Waals surface area contributed by atoms with E-state index in [0.29, 0.717) is 38.8 Å². The molecule has 11 nitrogen and oxygen atoms in total. The van der Waals surface area contributed by atoms with E-state index >= 15 is 4.79 Å². The van der Waals surface area contributed by atoms with Gasteiger partial charge in [-0.15, -0.1) is 0 Å². The number of fused-ring (bicyclic) bond motifs is 7. The van der Waals surface area contributed by atoms with Gasteiger partial charge in [0, 0.05) is 55.8 Å². The van der Waals surface area contributed by atoms with Gasteiger partial charge in [-0.25, -0.2) is 4.72 Å². The molecule has 1 aliphatic carbocycles. The van der Waals surface area contributed by atoms with Gasteiger partial charge in [0.05, 0.1) is 43.5 Å². The van der Waals surface area contributed by atoms with Crippen molar-refractivity contribution in [3.63, 3.8) is 0 Å². The summed E-state index contributed by atoms with van der Waals surface area (Å²) in [6.45, 7) is 7.09. The number of hydrogen-bond acceptors (Lipinski definition) is 7. The summed E-state index contributed by atoms with van der Waals surface area (Å²) < 4.78 is 42.3. The molecule has 1 N–H and O–H groups in total. The topological polar surface area (TPSA) is 113 Å². The number of ether oxygens (including phenoxy) is 2. The number of hydrogen-bond donors (Lipinski definition) is 1. The molecule has 2 aromatic carbocycles. The maximum Gasteiger partial charge on any atom is 0.303 e. The quantitative estimate of drug-likeness (QED) is 0.403. The zero-order valence-electron chi connectivity index (χ0n) is 29.5. The van der Waals surface area contributed by atoms with Crippen LogP contribution >= 0.6 is 0 Å². The summed E-state index contributed by atoms with van der Waals surface area (Å²) >= 11 is 0. The third-order valence-electron chi connectivity index (χ3n) is 11.9. The summed E-state index contributed by atoms with van der Waals surface area (Å²) in [5.74, 6) is 0.327. The van der Waals surface area contributed by atoms with Crippen molar-refractivity contribution >= 4 is 32.9 Å². The molecule has 3 aliphatic heterocycles. The minimum absolute atomic E-state index is 0.110. The molecule has 4 atom stereocenters. The maximum atomic E-state index is 15.1. The van der Waals surface area contributed by atoms with Crippen molar-refractivity contribution in [2.45, 2.75) is 76.4 Å². The van der Waals surface area contributed by atoms with Crippen molar-refractivity contribution in [1.82, 2.24) is 23.4 Å². The Morgan fingerprint density at radius 2 is 1.71 bits per heavy atom. The first-order valence-electron chi connectivity index (χ1n) is 17.5. The van der Waals surface area contributed by atoms with Crippen LogP contribution in [-0.4, -0.2) is 106 Å². The molecule has 0 radical (unpaired) electrons. The number of aromatic nitrogens is 1. The number of carbonyl (C=O) groups is 2. The Balaban J connectivity index is 1.43. The molecule has 49 heavy (non-hydrogen) atoms. The lowest BCUT2D eigenvalue weighted by atomic mass is 9.72. The third-order valence-corrected chi connectivity index (χ3v) is 13.3. The molecule has 3 fully saturated rings. The molecular formula is C37H49N5O6S. The number of methoxy groups -OCH3 is 1. The van der Waals surface area contributed by atoms with Crippen molar-refractivity contribution in [3.8, 4) is 17.0 Å². The molecule has 4 unspecified atom stereocenters. The van der Waals surface area contributed by atoms with Crippen molar-refractivity contribution < 1.29 is 27.5 Å². The van der Waals surface area contributed by atoms with Crippen molar-refractivity contribution in [3.05, 3.63) is 53.1 Å². The molecule has 2 saturated heterocycles. The lowest BCUT2D eigenvalue weighted by Crippen LogP contribution is -2.65. The molecule has 4 heterocycles. The van der Waals surface area contributed by atoms with E-state index in [-0.39, 0.29) is 29.5 Å². The fraction of sp³-hybridized carbons (Fsp3) is 0.568. The molecule has 12 heteroatoms. The normalized spacial score (nSPS) is 26.3. The van der Waals surface area contributed by atoms with Crippen LogP contribution in [0.4, 0.5) is 0 Å². The van der Waals surface area contributed by atoms with Gasteiger partial charge in [-0.05, 0) is 80.1 Å². The predicted molar refractivity (Wildman–Crippen MR) is 189 cm³/mol. The number of nitrogens with one attached hydrogen (secondary N) is 1. The number of benzene rings is 2. The minimum Gasteiger partial charge on any atom is -0.497 e. The van der Waals surface area contributed by atoms with Gasteiger partial charge in [-0.3, -0.25) is 14.5 Å². The van der Waals surface area contributed by atoms with E-state index in [4.69, 9.17) is 9.47 Å². The van der Waals surface area contributed by atoms with Gasteiger partial charge in [0.1, 0.15) is 5.75 Å². The number of rotatable bonds is 6. The average Bonchev–Trinajstić information content (AvgIpc) is 3.35. The highest BCUT2D eigenvalue weighted by Gasteiger charge is 2.49. The van der Waals surface area contributed by atoms with Gasteiger partial charge in [0.25, 0.3) is 5.91 Å². The highest BCUT2D eigenvalue weighted by molar-refractivity contribution is 7.87. The van der Waals surface area contributed by atoms with Crippen LogP contribution in [0.1, 0.15) is 79.3 Å². The fourth-order valence-electron chi connectivity index (χ4n) is 8.69. The minimum atomic E-state index is -3.99. The fourth-order valence-corrected chi connectivity index (χ4v) is 9.23. The molecule has 2 bridgehead atoms. The van der Waals surface area contributed by atoms with E-state index in [1.54, 1.807) is 13.2 Å². The van der Waals surface area contributed by atoms with Gasteiger partial charge >= 0.3 is 10.2 Å². The molecule has 1 aromatic heterocycles. The second-order valence-electron chi connectivity index (χ2n) is 14.9. The van der Waals surface area contributed by atoms with E-state index in [1.807, 2.05) is 18.2 Å². The Morgan fingerprint density at radius 1 is 1.02 bits per heavy atom. The van der Waals surface area contributed by atoms with Crippen molar-refractivity contribution in [2.75, 3.05) is 54.6 Å². The molecule has 0 spiro atoms. The lowest BCUT2D eigenvalue weighted by molar-refractivity contribution is -0.154. The average molecular weight is 692 g/mol. The maximum absolute atomic E-state index is 15.1. The molecule has 4 aliphatic rings. The van der Waals surface area contributed by atoms with E-state index in [2.05, 4.69) is 52.1 Å². The van der Waals surface area contributed by atoms with Crippen molar-refractivity contribution in [1.29, 1.82) is 0 Å². The largest absolute Gasteiger partial charge is 0.497 e. The molecular weight excluding hydrogens is 643 g/mol. The van der Waals surface area contributed by atoms with Gasteiger partial charge in [0.2, 0.25) is 5.91 Å². The van der Waals surface area contributed by atoms with Gasteiger partial charge in [-0.2, -0.15) is 12.7 Å². The smallest absolute Gasteiger partial charge is 0.303 e. The highest BCUT2D eigenvalue weighted by Crippen LogP contribution is 2.53. The van der Waals surface area contributed by atoms with E-state index in [0.717, 1.165) is 63.5 Å². The lowest BCUT2D eigenvalue weighted by Gasteiger charge is -2.50. The molecule has 1 saturated carbocycles. The Morgan fingerprint density at radius 3 is 2.37 bits per heavy atom. The van der Waals surface area contributed by atoms with E-state index < -0.39 is 21.5 Å². The van der Waals surface area contributed by atoms with Crippen LogP contribution in [0.2, 0.25) is 0 Å². The molecule has 3 aromatic rings. The standard InChI is InChI=1S/C37H49N5O6S/c1-23-31-17-28(47-6)13-15-29(31)34-33(24-10-8-7-9-11-24)30-14-12-25(35(43)38-49(45,46)39(3)4)16-32(30)42(34)22-37(23,2)36(44)41-18-26-20-48-21-27(19-41)40(26)5/h12-17,23-24,26-27H,7-11,18-22H2,1-6H3,(H,38,43). The van der Waals surface area contributed by atoms with Crippen LogP contribution in [0.25, 0.3) is 22.2 Å². The summed E-state index contributed by atoms with van der Waals surface area (Å²) in [7, 11) is 2.58. The summed E-state index contributed by atoms with van der Waals surface area (Å²) in [6.07, 6.45) is 5.65. The first kappa shape index (κ1) is 34.0. The van der Waals surface area contributed by atoms with Crippen LogP contribution in [0, 0.1) is 5.41 Å². The number of likely N-dealkylation sites (N-methyl/N-ethyl adjacent to an activating group) is 1. The van der Waals surface area contributed by atoms with Gasteiger partial charge < -0.3 is 18.9 Å². The molecule has 264 valence electrons. The highest BCUT2D eigenvalue weighted by atomic mass is 32.2. The molecule has 2 amide bonds. The first-order chi connectivity index (χ1) is 23.3. The summed E-state index contributed by atoms with van der Waals surface area (Å²) in [5.41, 5.74) is 4.73. The second-order valence-corrected chi connectivity index (χ2v) is 16.8. The predicted octanol–water partition coefficient (Wildman–Crippen LogP) is 4.57. The Kier molecular flexibility index (Phi) is 8.82. The Bertz CT molecular complexity index is 1890. The van der Waals surface area contributed by atoms with Crippen LogP contribution in [0.5, 0.6) is 5.75 Å². The molecule has 7 rings (SSSR count). The third kappa shape index (κ3) is 5.74. The number of carbonyl (C=O) groups excluding carboxylic acids is 2. The Hall–Kier alpha value is -3.45. The first-order valence-corrected chi connectivity index (χ1v) is 19.0. The van der Waals surface area contributed by atoms with Crippen LogP contribution in [0.3, 0.4) is 0 Å². The zero-order chi connectivity index (χ0) is 34.8. The number of amides is 2. The zero-order valence-corrected chi connectivity index (χ0v) is 30.3. The van der Waals surface area contributed by atoms with Crippen LogP contribution in [0.15, 0.2) is 36.4 Å². The number of piperazine rings is 1. The van der Waals surface area contributed by atoms with Gasteiger partial charge in [0.15, 0.2) is 0 Å². The summed E-state index contributed by atoms with van der Waals surface area (Å²) in [4.78, 5) is 32.9. The van der Waals surface area contributed by atoms with Crippen molar-refractivity contribution in [2.24, 2.45) is 5.41 Å².